The largest absolute Gasteiger partial charge is 0.444 e. The zero-order valence-corrected chi connectivity index (χ0v) is 27.0. The van der Waals surface area contributed by atoms with Gasteiger partial charge in [0.1, 0.15) is 11.6 Å². The van der Waals surface area contributed by atoms with Crippen molar-refractivity contribution < 1.29 is 47.7 Å². The Morgan fingerprint density at radius 1 is 0.957 bits per heavy atom. The Bertz CT molecular complexity index is 1200. The molecule has 0 radical (unpaired) electrons. The van der Waals surface area contributed by atoms with E-state index in [4.69, 9.17) is 29.4 Å². The van der Waals surface area contributed by atoms with Crippen LogP contribution in [0.5, 0.6) is 0 Å². The molecule has 15 heteroatoms. The van der Waals surface area contributed by atoms with Crippen LogP contribution in [0.25, 0.3) is 0 Å². The standard InChI is InChI=1S/C31H47N5O10/c1-31(2,3)46-30(41)35(11-15-43-14-10-32)12-16-44-18-20-45-19-17-42-13-9-27(38)33-24-6-4-5-22-23(24)21-36(29(22)40)25-7-8-26(37)34-28(25)39/h4-6,25H,7-21,32H2,1-3H3,(H,33,38)(H,34,37,39). The molecule has 46 heavy (non-hydrogen) atoms. The summed E-state index contributed by atoms with van der Waals surface area (Å²) in [6.07, 6.45) is 0.0978. The molecule has 1 unspecified atom stereocenters. The summed E-state index contributed by atoms with van der Waals surface area (Å²) in [6.45, 7) is 9.22. The van der Waals surface area contributed by atoms with Crippen LogP contribution in [-0.4, -0.2) is 124 Å². The van der Waals surface area contributed by atoms with E-state index in [9.17, 15) is 24.0 Å². The number of anilines is 1. The third-order valence-electron chi connectivity index (χ3n) is 7.00. The van der Waals surface area contributed by atoms with Crippen LogP contribution < -0.4 is 16.4 Å². The summed E-state index contributed by atoms with van der Waals surface area (Å²) in [6, 6.07) is 4.32. The Morgan fingerprint density at radius 2 is 1.59 bits per heavy atom. The van der Waals surface area contributed by atoms with Crippen molar-refractivity contribution in [3.05, 3.63) is 29.3 Å². The van der Waals surface area contributed by atoms with Crippen molar-refractivity contribution in [3.63, 3.8) is 0 Å². The first-order valence-corrected chi connectivity index (χ1v) is 15.6. The number of benzene rings is 1. The minimum atomic E-state index is -0.727. The maximum atomic E-state index is 13.0. The summed E-state index contributed by atoms with van der Waals surface area (Å²) in [4.78, 5) is 64.8. The fourth-order valence-corrected chi connectivity index (χ4v) is 4.78. The van der Waals surface area contributed by atoms with E-state index in [1.165, 1.54) is 9.80 Å². The molecule has 15 nitrogen and oxygen atoms in total. The number of fused-ring (bicyclic) bond motifs is 1. The number of carbonyl (C=O) groups excluding carboxylic acids is 5. The topological polar surface area (TPSA) is 188 Å². The van der Waals surface area contributed by atoms with Gasteiger partial charge >= 0.3 is 6.09 Å². The number of hydrogen-bond acceptors (Lipinski definition) is 11. The second-order valence-corrected chi connectivity index (χ2v) is 11.7. The van der Waals surface area contributed by atoms with Gasteiger partial charge in [-0.3, -0.25) is 24.5 Å². The first kappa shape index (κ1) is 36.8. The summed E-state index contributed by atoms with van der Waals surface area (Å²) in [5.74, 6) is -1.42. The van der Waals surface area contributed by atoms with Crippen molar-refractivity contribution in [2.45, 2.75) is 58.2 Å². The van der Waals surface area contributed by atoms with Crippen LogP contribution in [0.3, 0.4) is 0 Å². The number of nitrogens with zero attached hydrogens (tertiary/aromatic N) is 2. The van der Waals surface area contributed by atoms with Gasteiger partial charge in [-0.2, -0.15) is 0 Å². The molecular formula is C31H47N5O10. The molecule has 256 valence electrons. The third-order valence-corrected chi connectivity index (χ3v) is 7.00. The van der Waals surface area contributed by atoms with E-state index in [2.05, 4.69) is 10.6 Å². The smallest absolute Gasteiger partial charge is 0.410 e. The Kier molecular flexibility index (Phi) is 14.8. The van der Waals surface area contributed by atoms with Crippen LogP contribution in [0.15, 0.2) is 18.2 Å². The summed E-state index contributed by atoms with van der Waals surface area (Å²) in [7, 11) is 0. The number of rotatable bonds is 19. The van der Waals surface area contributed by atoms with Crippen molar-refractivity contribution in [1.82, 2.24) is 15.1 Å². The molecule has 1 aromatic rings. The van der Waals surface area contributed by atoms with Crippen molar-refractivity contribution in [2.24, 2.45) is 5.73 Å². The second kappa shape index (κ2) is 18.5. The highest BCUT2D eigenvalue weighted by Gasteiger charge is 2.40. The van der Waals surface area contributed by atoms with Gasteiger partial charge in [0.15, 0.2) is 0 Å². The Labute approximate surface area is 269 Å². The molecule has 1 atom stereocenters. The van der Waals surface area contributed by atoms with E-state index < -0.39 is 23.6 Å². The molecular weight excluding hydrogens is 602 g/mol. The third kappa shape index (κ3) is 11.9. The first-order valence-electron chi connectivity index (χ1n) is 15.6. The Hall–Kier alpha value is -3.63. The summed E-state index contributed by atoms with van der Waals surface area (Å²) in [5.41, 5.74) is 6.39. The first-order chi connectivity index (χ1) is 22.0. The maximum Gasteiger partial charge on any atom is 0.410 e. The maximum absolute atomic E-state index is 13.0. The van der Waals surface area contributed by atoms with Crippen molar-refractivity contribution >= 4 is 35.4 Å². The van der Waals surface area contributed by atoms with Gasteiger partial charge in [0.25, 0.3) is 5.91 Å². The fraction of sp³-hybridized carbons (Fsp3) is 0.645. The van der Waals surface area contributed by atoms with Gasteiger partial charge in [0.2, 0.25) is 17.7 Å². The lowest BCUT2D eigenvalue weighted by atomic mass is 10.0. The number of amides is 5. The number of nitrogens with one attached hydrogen (secondary N) is 2. The lowest BCUT2D eigenvalue weighted by Crippen LogP contribution is -2.52. The average Bonchev–Trinajstić information content (AvgIpc) is 3.32. The van der Waals surface area contributed by atoms with Gasteiger partial charge in [-0.15, -0.1) is 0 Å². The van der Waals surface area contributed by atoms with Crippen molar-refractivity contribution in [1.29, 1.82) is 0 Å². The van der Waals surface area contributed by atoms with Crippen LogP contribution in [0.1, 0.15) is 56.0 Å². The molecule has 5 amide bonds. The molecule has 0 spiro atoms. The van der Waals surface area contributed by atoms with E-state index in [0.29, 0.717) is 82.7 Å². The lowest BCUT2D eigenvalue weighted by molar-refractivity contribution is -0.137. The van der Waals surface area contributed by atoms with Gasteiger partial charge in [-0.1, -0.05) is 6.07 Å². The quantitative estimate of drug-likeness (QED) is 0.144. The van der Waals surface area contributed by atoms with E-state index in [-0.39, 0.29) is 50.1 Å². The summed E-state index contributed by atoms with van der Waals surface area (Å²) >= 11 is 0. The number of carbonyl (C=O) groups is 5. The lowest BCUT2D eigenvalue weighted by Gasteiger charge is -2.29. The Morgan fingerprint density at radius 3 is 2.22 bits per heavy atom. The molecule has 2 aliphatic heterocycles. The zero-order valence-electron chi connectivity index (χ0n) is 27.0. The predicted octanol–water partition coefficient (Wildman–Crippen LogP) is 1.04. The molecule has 0 aliphatic carbocycles. The molecule has 2 aliphatic rings. The van der Waals surface area contributed by atoms with Crippen LogP contribution in [0, 0.1) is 0 Å². The molecule has 2 heterocycles. The highest BCUT2D eigenvalue weighted by Crippen LogP contribution is 2.32. The van der Waals surface area contributed by atoms with Gasteiger partial charge in [0, 0.05) is 49.4 Å². The van der Waals surface area contributed by atoms with Crippen LogP contribution in [0.2, 0.25) is 0 Å². The zero-order chi connectivity index (χ0) is 33.5. The molecule has 4 N–H and O–H groups in total. The number of nitrogens with two attached hydrogens (primary N) is 1. The number of hydrogen-bond donors (Lipinski definition) is 3. The normalized spacial score (nSPS) is 16.3. The summed E-state index contributed by atoms with van der Waals surface area (Å²) in [5, 5.41) is 5.11. The van der Waals surface area contributed by atoms with E-state index in [1.54, 1.807) is 39.0 Å². The van der Waals surface area contributed by atoms with E-state index in [1.807, 2.05) is 0 Å². The number of imide groups is 1. The molecule has 0 saturated carbocycles. The van der Waals surface area contributed by atoms with Crippen molar-refractivity contribution in [3.8, 4) is 0 Å². The molecule has 0 aromatic heterocycles. The highest BCUT2D eigenvalue weighted by atomic mass is 16.6. The number of ether oxygens (including phenoxy) is 5. The monoisotopic (exact) mass is 649 g/mol. The van der Waals surface area contributed by atoms with Crippen LogP contribution in [0.4, 0.5) is 10.5 Å². The fourth-order valence-electron chi connectivity index (χ4n) is 4.78. The highest BCUT2D eigenvalue weighted by molar-refractivity contribution is 6.06. The van der Waals surface area contributed by atoms with Crippen LogP contribution in [-0.2, 0) is 44.6 Å². The molecule has 1 fully saturated rings. The molecule has 3 rings (SSSR count). The van der Waals surface area contributed by atoms with E-state index in [0.717, 1.165) is 0 Å². The minimum absolute atomic E-state index is 0.100. The SMILES string of the molecule is CC(C)(C)OC(=O)N(CCOCCN)CCOCCOCCOCCC(=O)Nc1cccc2c1CN(C1CCC(=O)NC1=O)C2=O. The molecule has 0 bridgehead atoms. The van der Waals surface area contributed by atoms with Crippen molar-refractivity contribution in [2.75, 3.05) is 77.8 Å². The van der Waals surface area contributed by atoms with Gasteiger partial charge < -0.3 is 44.5 Å². The second-order valence-electron chi connectivity index (χ2n) is 11.7. The van der Waals surface area contributed by atoms with Gasteiger partial charge in [0.05, 0.1) is 59.3 Å². The average molecular weight is 650 g/mol. The Balaban J connectivity index is 1.27. The minimum Gasteiger partial charge on any atom is -0.444 e. The van der Waals surface area contributed by atoms with Gasteiger partial charge in [-0.05, 0) is 39.3 Å². The molecule has 1 aromatic carbocycles. The number of piperidine rings is 1. The van der Waals surface area contributed by atoms with Gasteiger partial charge in [-0.25, -0.2) is 4.79 Å². The predicted molar refractivity (Wildman–Crippen MR) is 166 cm³/mol. The summed E-state index contributed by atoms with van der Waals surface area (Å²) < 4.78 is 27.4. The van der Waals surface area contributed by atoms with E-state index >= 15 is 0 Å². The molecule has 1 saturated heterocycles. The van der Waals surface area contributed by atoms with Crippen LogP contribution >= 0.6 is 0 Å².